The van der Waals surface area contributed by atoms with Gasteiger partial charge >= 0.3 is 0 Å². The quantitative estimate of drug-likeness (QED) is 0.868. The minimum atomic E-state index is -0.162. The number of nitrogens with zero attached hydrogens (tertiary/aromatic N) is 3. The van der Waals surface area contributed by atoms with E-state index in [4.69, 9.17) is 0 Å². The molecule has 0 aromatic heterocycles. The number of nitrogens with one attached hydrogen (secondary N) is 1. The fourth-order valence-corrected chi connectivity index (χ4v) is 3.02. The molecule has 7 nitrogen and oxygen atoms in total. The van der Waals surface area contributed by atoms with Gasteiger partial charge in [0.1, 0.15) is 5.71 Å². The second-order valence-electron chi connectivity index (χ2n) is 6.25. The number of rotatable bonds is 4. The van der Waals surface area contributed by atoms with Gasteiger partial charge in [-0.15, -0.1) is 0 Å². The summed E-state index contributed by atoms with van der Waals surface area (Å²) in [6, 6.07) is 9.95. The minimum Gasteiger partial charge on any atom is -0.339 e. The molecule has 0 atom stereocenters. The summed E-state index contributed by atoms with van der Waals surface area (Å²) in [4.78, 5) is 39.3. The summed E-state index contributed by atoms with van der Waals surface area (Å²) in [5, 5.41) is 3.85. The first-order valence-corrected chi connectivity index (χ1v) is 8.60. The summed E-state index contributed by atoms with van der Waals surface area (Å²) >= 11 is 0. The summed E-state index contributed by atoms with van der Waals surface area (Å²) in [7, 11) is 0. The number of hydrazone groups is 1. The van der Waals surface area contributed by atoms with E-state index >= 15 is 0 Å². The molecule has 0 unspecified atom stereocenters. The molecule has 0 spiro atoms. The molecule has 0 radical (unpaired) electrons. The van der Waals surface area contributed by atoms with Crippen LogP contribution in [0.5, 0.6) is 0 Å². The molecular weight excluding hydrogens is 320 g/mol. The number of piperazine rings is 1. The maximum Gasteiger partial charge on any atom is 0.270 e. The Balaban J connectivity index is 1.45. The Morgan fingerprint density at radius 2 is 1.68 bits per heavy atom. The predicted octanol–water partition coefficient (Wildman–Crippen LogP) is 0.556. The largest absolute Gasteiger partial charge is 0.339 e. The molecule has 2 aliphatic rings. The topological polar surface area (TPSA) is 82.1 Å². The summed E-state index contributed by atoms with van der Waals surface area (Å²) in [6.07, 6.45) is 1.88. The average molecular weight is 342 g/mol. The van der Waals surface area contributed by atoms with E-state index in [9.17, 15) is 14.4 Å². The molecule has 0 saturated carbocycles. The number of hydrogen-bond acceptors (Lipinski definition) is 4. The average Bonchev–Trinajstić information content (AvgIpc) is 2.67. The Kier molecular flexibility index (Phi) is 5.42. The molecule has 7 heteroatoms. The fraction of sp³-hybridized carbons (Fsp3) is 0.444. The van der Waals surface area contributed by atoms with Gasteiger partial charge in [0.15, 0.2) is 0 Å². The van der Waals surface area contributed by atoms with Crippen LogP contribution in [0, 0.1) is 0 Å². The van der Waals surface area contributed by atoms with Crippen LogP contribution in [0.1, 0.15) is 24.8 Å². The number of benzene rings is 1. The lowest BCUT2D eigenvalue weighted by Gasteiger charge is -2.35. The maximum absolute atomic E-state index is 12.4. The molecule has 0 aliphatic carbocycles. The SMILES string of the molecule is O=C1CCC(C(=O)N2CCN(C(=O)CCc3ccccc3)CC2)=NN1. The van der Waals surface area contributed by atoms with Crippen LogP contribution >= 0.6 is 0 Å². The monoisotopic (exact) mass is 342 g/mol. The zero-order valence-corrected chi connectivity index (χ0v) is 14.1. The van der Waals surface area contributed by atoms with Gasteiger partial charge in [0.05, 0.1) is 0 Å². The van der Waals surface area contributed by atoms with Crippen LogP contribution in [0.15, 0.2) is 35.4 Å². The number of carbonyl (C=O) groups excluding carboxylic acids is 3. The van der Waals surface area contributed by atoms with Crippen LogP contribution in [0.3, 0.4) is 0 Å². The van der Waals surface area contributed by atoms with Gasteiger partial charge in [0.2, 0.25) is 11.8 Å². The molecule has 1 fully saturated rings. The molecule has 3 rings (SSSR count). The maximum atomic E-state index is 12.4. The standard InChI is InChI=1S/C18H22N4O3/c23-16-8-7-15(19-20-16)18(25)22-12-10-21(11-13-22)17(24)9-6-14-4-2-1-3-5-14/h1-5H,6-13H2,(H,20,23). The van der Waals surface area contributed by atoms with Crippen LogP contribution in [-0.2, 0) is 20.8 Å². The Hall–Kier alpha value is -2.70. The number of carbonyl (C=O) groups is 3. The van der Waals surface area contributed by atoms with Crippen molar-refractivity contribution in [2.24, 2.45) is 5.10 Å². The molecule has 1 N–H and O–H groups in total. The van der Waals surface area contributed by atoms with Crippen molar-refractivity contribution in [2.75, 3.05) is 26.2 Å². The van der Waals surface area contributed by atoms with Gasteiger partial charge in [-0.2, -0.15) is 5.10 Å². The lowest BCUT2D eigenvalue weighted by molar-refractivity contribution is -0.136. The van der Waals surface area contributed by atoms with Gasteiger partial charge in [-0.05, 0) is 12.0 Å². The van der Waals surface area contributed by atoms with Crippen LogP contribution in [0.2, 0.25) is 0 Å². The van der Waals surface area contributed by atoms with Gasteiger partial charge in [0, 0.05) is 45.4 Å². The van der Waals surface area contributed by atoms with Crippen molar-refractivity contribution in [2.45, 2.75) is 25.7 Å². The lowest BCUT2D eigenvalue weighted by Crippen LogP contribution is -2.52. The van der Waals surface area contributed by atoms with Crippen molar-refractivity contribution in [1.82, 2.24) is 15.2 Å². The van der Waals surface area contributed by atoms with Crippen molar-refractivity contribution in [3.8, 4) is 0 Å². The van der Waals surface area contributed by atoms with E-state index < -0.39 is 0 Å². The lowest BCUT2D eigenvalue weighted by atomic mass is 10.1. The van der Waals surface area contributed by atoms with E-state index in [0.29, 0.717) is 51.2 Å². The molecule has 1 aromatic carbocycles. The van der Waals surface area contributed by atoms with Crippen LogP contribution < -0.4 is 5.43 Å². The van der Waals surface area contributed by atoms with Crippen LogP contribution in [0.4, 0.5) is 0 Å². The highest BCUT2D eigenvalue weighted by Gasteiger charge is 2.28. The first kappa shape index (κ1) is 17.1. The molecule has 2 aliphatic heterocycles. The second kappa shape index (κ2) is 7.92. The predicted molar refractivity (Wildman–Crippen MR) is 92.7 cm³/mol. The summed E-state index contributed by atoms with van der Waals surface area (Å²) in [5.74, 6) is -0.181. The van der Waals surface area contributed by atoms with Crippen molar-refractivity contribution < 1.29 is 14.4 Å². The van der Waals surface area contributed by atoms with Gasteiger partial charge in [-0.1, -0.05) is 30.3 Å². The summed E-state index contributed by atoms with van der Waals surface area (Å²) in [6.45, 7) is 2.09. The molecule has 2 heterocycles. The first-order valence-electron chi connectivity index (χ1n) is 8.60. The third kappa shape index (κ3) is 4.43. The highest BCUT2D eigenvalue weighted by molar-refractivity contribution is 6.39. The van der Waals surface area contributed by atoms with Crippen molar-refractivity contribution in [3.63, 3.8) is 0 Å². The number of amides is 3. The van der Waals surface area contributed by atoms with Crippen molar-refractivity contribution in [3.05, 3.63) is 35.9 Å². The molecule has 25 heavy (non-hydrogen) atoms. The van der Waals surface area contributed by atoms with Crippen molar-refractivity contribution in [1.29, 1.82) is 0 Å². The van der Waals surface area contributed by atoms with E-state index in [1.807, 2.05) is 35.2 Å². The van der Waals surface area contributed by atoms with Crippen LogP contribution in [0.25, 0.3) is 0 Å². The Morgan fingerprint density at radius 3 is 2.32 bits per heavy atom. The van der Waals surface area contributed by atoms with Gasteiger partial charge < -0.3 is 9.80 Å². The van der Waals surface area contributed by atoms with Crippen molar-refractivity contribution >= 4 is 23.4 Å². The number of aryl methyl sites for hydroxylation is 1. The van der Waals surface area contributed by atoms with E-state index in [1.165, 1.54) is 0 Å². The fourth-order valence-electron chi connectivity index (χ4n) is 3.02. The third-order valence-electron chi connectivity index (χ3n) is 4.54. The zero-order valence-electron chi connectivity index (χ0n) is 14.1. The first-order chi connectivity index (χ1) is 12.1. The Labute approximate surface area is 146 Å². The normalized spacial score (nSPS) is 17.8. The third-order valence-corrected chi connectivity index (χ3v) is 4.54. The molecular formula is C18H22N4O3. The van der Waals surface area contributed by atoms with E-state index in [1.54, 1.807) is 4.90 Å². The second-order valence-corrected chi connectivity index (χ2v) is 6.25. The molecule has 1 saturated heterocycles. The summed E-state index contributed by atoms with van der Waals surface area (Å²) < 4.78 is 0. The highest BCUT2D eigenvalue weighted by atomic mass is 16.2. The number of hydrogen-bond donors (Lipinski definition) is 1. The van der Waals surface area contributed by atoms with E-state index in [0.717, 1.165) is 12.0 Å². The molecule has 132 valence electrons. The van der Waals surface area contributed by atoms with Gasteiger partial charge in [0.25, 0.3) is 5.91 Å². The van der Waals surface area contributed by atoms with Crippen LogP contribution in [-0.4, -0.2) is 59.4 Å². The van der Waals surface area contributed by atoms with E-state index in [2.05, 4.69) is 10.5 Å². The molecule has 3 amide bonds. The Bertz CT molecular complexity index is 679. The van der Waals surface area contributed by atoms with E-state index in [-0.39, 0.29) is 17.7 Å². The van der Waals surface area contributed by atoms with Gasteiger partial charge in [-0.25, -0.2) is 5.43 Å². The Morgan fingerprint density at radius 1 is 1.00 bits per heavy atom. The molecule has 1 aromatic rings. The van der Waals surface area contributed by atoms with Gasteiger partial charge in [-0.3, -0.25) is 14.4 Å². The smallest absolute Gasteiger partial charge is 0.270 e. The minimum absolute atomic E-state index is 0.123. The highest BCUT2D eigenvalue weighted by Crippen LogP contribution is 2.10. The molecule has 0 bridgehead atoms. The zero-order chi connectivity index (χ0) is 17.6. The summed E-state index contributed by atoms with van der Waals surface area (Å²) in [5.41, 5.74) is 3.90.